The van der Waals surface area contributed by atoms with Crippen molar-refractivity contribution in [2.75, 3.05) is 6.54 Å². The Bertz CT molecular complexity index is 371. The summed E-state index contributed by atoms with van der Waals surface area (Å²) in [5.74, 6) is -3.84. The average Bonchev–Trinajstić information content (AvgIpc) is 2.27. The zero-order chi connectivity index (χ0) is 12.3. The Morgan fingerprint density at radius 3 is 2.62 bits per heavy atom. The van der Waals surface area contributed by atoms with E-state index in [1.165, 1.54) is 0 Å². The molecule has 1 atom stereocenters. The van der Waals surface area contributed by atoms with Crippen LogP contribution in [0, 0.1) is 0 Å². The highest BCUT2D eigenvalue weighted by atomic mass is 32.2. The maximum atomic E-state index is 12.4. The van der Waals surface area contributed by atoms with Crippen LogP contribution in [0.25, 0.3) is 0 Å². The summed E-state index contributed by atoms with van der Waals surface area (Å²) < 4.78 is 47.9. The van der Waals surface area contributed by atoms with Crippen molar-refractivity contribution in [1.29, 1.82) is 0 Å². The molecule has 0 radical (unpaired) electrons. The lowest BCUT2D eigenvalue weighted by Gasteiger charge is -2.33. The van der Waals surface area contributed by atoms with Crippen LogP contribution in [0.1, 0.15) is 19.3 Å². The van der Waals surface area contributed by atoms with Crippen molar-refractivity contribution >= 4 is 15.9 Å². The number of rotatable bonds is 3. The molecule has 0 aromatic rings. The summed E-state index contributed by atoms with van der Waals surface area (Å²) in [6.07, 6.45) is 1.42. The first-order chi connectivity index (χ1) is 7.41. The molecule has 1 aliphatic heterocycles. The zero-order valence-corrected chi connectivity index (χ0v) is 9.20. The molecule has 16 heavy (non-hydrogen) atoms. The number of halogens is 2. The van der Waals surface area contributed by atoms with Gasteiger partial charge in [-0.05, 0) is 12.8 Å². The monoisotopic (exact) mass is 257 g/mol. The summed E-state index contributed by atoms with van der Waals surface area (Å²) in [6.45, 7) is -0.0342. The Labute approximate surface area is 91.8 Å². The molecule has 0 amide bonds. The molecule has 0 aromatic carbocycles. The molecule has 3 N–H and O–H groups in total. The van der Waals surface area contributed by atoms with Crippen molar-refractivity contribution in [3.8, 4) is 0 Å². The van der Waals surface area contributed by atoms with E-state index in [0.717, 1.165) is 0 Å². The van der Waals surface area contributed by atoms with Gasteiger partial charge in [0, 0.05) is 6.54 Å². The van der Waals surface area contributed by atoms with Crippen molar-refractivity contribution < 1.29 is 22.4 Å². The molecule has 0 spiro atoms. The Kier molecular flexibility index (Phi) is 4.03. The predicted octanol–water partition coefficient (Wildman–Crippen LogP) is 0.140. The molecule has 1 fully saturated rings. The van der Waals surface area contributed by atoms with Gasteiger partial charge in [-0.25, -0.2) is 8.42 Å². The molecule has 1 aliphatic rings. The Morgan fingerprint density at radius 2 is 2.12 bits per heavy atom. The van der Waals surface area contributed by atoms with Crippen molar-refractivity contribution in [3.63, 3.8) is 0 Å². The van der Waals surface area contributed by atoms with Crippen molar-refractivity contribution in [2.45, 2.75) is 31.1 Å². The first kappa shape index (κ1) is 13.1. The highest BCUT2D eigenvalue weighted by molar-refractivity contribution is 7.89. The molecule has 6 nitrogen and oxygen atoms in total. The second-order valence-electron chi connectivity index (χ2n) is 3.45. The number of nitrogens with two attached hydrogens (primary N) is 1. The van der Waals surface area contributed by atoms with Crippen LogP contribution in [-0.4, -0.2) is 42.1 Å². The molecule has 94 valence electrons. The van der Waals surface area contributed by atoms with E-state index in [2.05, 4.69) is 5.16 Å². The molecule has 0 saturated carbocycles. The van der Waals surface area contributed by atoms with Gasteiger partial charge in [0.2, 0.25) is 0 Å². The number of hydrogen-bond donors (Lipinski definition) is 2. The van der Waals surface area contributed by atoms with Crippen LogP contribution in [0.15, 0.2) is 5.16 Å². The first-order valence-corrected chi connectivity index (χ1v) is 6.17. The SMILES string of the molecule is NC(=NO)C1CCCCN1S(=O)(=O)C(F)F. The summed E-state index contributed by atoms with van der Waals surface area (Å²) >= 11 is 0. The average molecular weight is 257 g/mol. The third-order valence-electron chi connectivity index (χ3n) is 2.46. The highest BCUT2D eigenvalue weighted by Crippen LogP contribution is 2.24. The van der Waals surface area contributed by atoms with E-state index in [4.69, 9.17) is 10.9 Å². The summed E-state index contributed by atoms with van der Waals surface area (Å²) in [7, 11) is -4.68. The molecule has 0 aromatic heterocycles. The van der Waals surface area contributed by atoms with E-state index < -0.39 is 21.8 Å². The van der Waals surface area contributed by atoms with Crippen LogP contribution < -0.4 is 5.73 Å². The number of piperidine rings is 1. The molecular weight excluding hydrogens is 244 g/mol. The largest absolute Gasteiger partial charge is 0.409 e. The maximum absolute atomic E-state index is 12.4. The fourth-order valence-corrected chi connectivity index (χ4v) is 2.83. The topological polar surface area (TPSA) is 96.0 Å². The van der Waals surface area contributed by atoms with Gasteiger partial charge < -0.3 is 10.9 Å². The van der Waals surface area contributed by atoms with E-state index >= 15 is 0 Å². The minimum absolute atomic E-state index is 0.0342. The summed E-state index contributed by atoms with van der Waals surface area (Å²) in [5, 5.41) is 11.1. The lowest BCUT2D eigenvalue weighted by molar-refractivity contribution is 0.205. The van der Waals surface area contributed by atoms with Gasteiger partial charge in [0.25, 0.3) is 10.0 Å². The first-order valence-electron chi connectivity index (χ1n) is 4.67. The van der Waals surface area contributed by atoms with Crippen LogP contribution >= 0.6 is 0 Å². The Hall–Kier alpha value is -0.960. The van der Waals surface area contributed by atoms with E-state index in [0.29, 0.717) is 17.1 Å². The molecular formula is C7H13F2N3O3S. The lowest BCUT2D eigenvalue weighted by Crippen LogP contribution is -2.52. The fraction of sp³-hybridized carbons (Fsp3) is 0.857. The van der Waals surface area contributed by atoms with Gasteiger partial charge >= 0.3 is 5.76 Å². The molecule has 0 bridgehead atoms. The number of hydrogen-bond acceptors (Lipinski definition) is 4. The second kappa shape index (κ2) is 4.91. The second-order valence-corrected chi connectivity index (χ2v) is 5.31. The zero-order valence-electron chi connectivity index (χ0n) is 8.38. The van der Waals surface area contributed by atoms with Crippen molar-refractivity contribution in [2.24, 2.45) is 10.9 Å². The van der Waals surface area contributed by atoms with E-state index in [-0.39, 0.29) is 18.8 Å². The Balaban J connectivity index is 3.00. The number of amidine groups is 1. The molecule has 0 aliphatic carbocycles. The van der Waals surface area contributed by atoms with Gasteiger partial charge in [-0.2, -0.15) is 13.1 Å². The minimum atomic E-state index is -4.68. The molecule has 1 rings (SSSR count). The van der Waals surface area contributed by atoms with Crippen LogP contribution in [-0.2, 0) is 10.0 Å². The molecule has 9 heteroatoms. The van der Waals surface area contributed by atoms with Crippen LogP contribution in [0.4, 0.5) is 8.78 Å². The van der Waals surface area contributed by atoms with Gasteiger partial charge in [-0.15, -0.1) is 0 Å². The molecule has 1 saturated heterocycles. The number of oxime groups is 1. The van der Waals surface area contributed by atoms with Gasteiger partial charge in [-0.3, -0.25) is 0 Å². The standard InChI is InChI=1S/C7H13F2N3O3S/c8-7(9)16(14,15)12-4-2-1-3-5(12)6(10)11-13/h5,7,13H,1-4H2,(H2,10,11). The van der Waals surface area contributed by atoms with Gasteiger partial charge in [0.05, 0.1) is 6.04 Å². The van der Waals surface area contributed by atoms with Gasteiger partial charge in [0.1, 0.15) is 0 Å². The third-order valence-corrected chi connectivity index (χ3v) is 4.00. The quantitative estimate of drug-likeness (QED) is 0.325. The number of sulfonamides is 1. The number of nitrogens with zero attached hydrogens (tertiary/aromatic N) is 2. The fourth-order valence-electron chi connectivity index (χ4n) is 1.67. The smallest absolute Gasteiger partial charge is 0.350 e. The van der Waals surface area contributed by atoms with Gasteiger partial charge in [-0.1, -0.05) is 11.6 Å². The summed E-state index contributed by atoms with van der Waals surface area (Å²) in [5.41, 5.74) is 5.28. The highest BCUT2D eigenvalue weighted by Gasteiger charge is 2.40. The van der Waals surface area contributed by atoms with Crippen LogP contribution in [0.5, 0.6) is 0 Å². The normalized spacial score (nSPS) is 24.9. The third kappa shape index (κ3) is 2.40. The van der Waals surface area contributed by atoms with Crippen molar-refractivity contribution in [3.05, 3.63) is 0 Å². The Morgan fingerprint density at radius 1 is 1.50 bits per heavy atom. The van der Waals surface area contributed by atoms with Crippen LogP contribution in [0.3, 0.4) is 0 Å². The van der Waals surface area contributed by atoms with Crippen molar-refractivity contribution in [1.82, 2.24) is 4.31 Å². The van der Waals surface area contributed by atoms with Gasteiger partial charge in [0.15, 0.2) is 5.84 Å². The minimum Gasteiger partial charge on any atom is -0.409 e. The predicted molar refractivity (Wildman–Crippen MR) is 52.7 cm³/mol. The van der Waals surface area contributed by atoms with E-state index in [1.807, 2.05) is 0 Å². The number of alkyl halides is 2. The van der Waals surface area contributed by atoms with E-state index in [9.17, 15) is 17.2 Å². The van der Waals surface area contributed by atoms with Crippen LogP contribution in [0.2, 0.25) is 0 Å². The maximum Gasteiger partial charge on any atom is 0.350 e. The summed E-state index contributed by atoms with van der Waals surface area (Å²) in [4.78, 5) is 0. The molecule has 1 unspecified atom stereocenters. The lowest BCUT2D eigenvalue weighted by atomic mass is 10.0. The van der Waals surface area contributed by atoms with E-state index in [1.54, 1.807) is 0 Å². The summed E-state index contributed by atoms with van der Waals surface area (Å²) in [6, 6.07) is -0.974. The molecule has 1 heterocycles.